The molecule has 2 aromatic carbocycles. The number of benzene rings is 2. The summed E-state index contributed by atoms with van der Waals surface area (Å²) >= 11 is 1.28. The van der Waals surface area contributed by atoms with Crippen LogP contribution in [-0.4, -0.2) is 10.1 Å². The lowest BCUT2D eigenvalue weighted by molar-refractivity contribution is 0.276. The first-order chi connectivity index (χ1) is 10.7. The molecule has 1 heterocycles. The number of hydrogen-bond acceptors (Lipinski definition) is 3. The van der Waals surface area contributed by atoms with E-state index in [1.807, 2.05) is 30.3 Å². The standard InChI is InChI=1S/C17H13F2NOS/c18-12-6-7-14(19)13(9-12)17-20-15(10-21)16(22-17)8-11-4-2-1-3-5-11/h1-7,9,21H,8,10H2. The van der Waals surface area contributed by atoms with Crippen LogP contribution in [-0.2, 0) is 13.0 Å². The molecule has 0 amide bonds. The van der Waals surface area contributed by atoms with Crippen molar-refractivity contribution in [2.24, 2.45) is 0 Å². The van der Waals surface area contributed by atoms with E-state index in [1.165, 1.54) is 11.3 Å². The molecule has 0 unspecified atom stereocenters. The van der Waals surface area contributed by atoms with Gasteiger partial charge in [0.05, 0.1) is 12.3 Å². The van der Waals surface area contributed by atoms with Crippen LogP contribution < -0.4 is 0 Å². The Hall–Kier alpha value is -2.11. The number of rotatable bonds is 4. The van der Waals surface area contributed by atoms with Crippen LogP contribution in [0.2, 0.25) is 0 Å². The molecule has 0 aliphatic heterocycles. The van der Waals surface area contributed by atoms with Crippen molar-refractivity contribution in [2.45, 2.75) is 13.0 Å². The van der Waals surface area contributed by atoms with E-state index >= 15 is 0 Å². The largest absolute Gasteiger partial charge is 0.390 e. The van der Waals surface area contributed by atoms with Crippen molar-refractivity contribution in [1.82, 2.24) is 4.98 Å². The third-order valence-corrected chi connectivity index (χ3v) is 4.43. The molecule has 5 heteroatoms. The highest BCUT2D eigenvalue weighted by atomic mass is 32.1. The van der Waals surface area contributed by atoms with Gasteiger partial charge in [-0.05, 0) is 23.8 Å². The van der Waals surface area contributed by atoms with Gasteiger partial charge in [-0.25, -0.2) is 13.8 Å². The Labute approximate surface area is 130 Å². The van der Waals surface area contributed by atoms with Crippen molar-refractivity contribution in [3.05, 3.63) is 76.3 Å². The van der Waals surface area contributed by atoms with E-state index in [4.69, 9.17) is 0 Å². The smallest absolute Gasteiger partial charge is 0.133 e. The average molecular weight is 317 g/mol. The van der Waals surface area contributed by atoms with Gasteiger partial charge in [0.2, 0.25) is 0 Å². The lowest BCUT2D eigenvalue weighted by Gasteiger charge is -1.99. The molecule has 0 aliphatic rings. The summed E-state index contributed by atoms with van der Waals surface area (Å²) in [6.45, 7) is -0.227. The first-order valence-corrected chi connectivity index (χ1v) is 7.58. The molecule has 0 saturated carbocycles. The molecule has 0 atom stereocenters. The van der Waals surface area contributed by atoms with Gasteiger partial charge >= 0.3 is 0 Å². The maximum Gasteiger partial charge on any atom is 0.133 e. The summed E-state index contributed by atoms with van der Waals surface area (Å²) in [6, 6.07) is 13.0. The number of thiazole rings is 1. The van der Waals surface area contributed by atoms with Gasteiger partial charge in [0, 0.05) is 16.9 Å². The molecule has 0 saturated heterocycles. The van der Waals surface area contributed by atoms with Gasteiger partial charge in [-0.15, -0.1) is 11.3 Å². The first kappa shape index (κ1) is 14.8. The number of halogens is 2. The zero-order valence-corrected chi connectivity index (χ0v) is 12.4. The van der Waals surface area contributed by atoms with Crippen LogP contribution in [0.5, 0.6) is 0 Å². The van der Waals surface area contributed by atoms with Crippen LogP contribution in [0, 0.1) is 11.6 Å². The Bertz CT molecular complexity index is 787. The van der Waals surface area contributed by atoms with Gasteiger partial charge in [-0.3, -0.25) is 0 Å². The topological polar surface area (TPSA) is 33.1 Å². The fourth-order valence-corrected chi connectivity index (χ4v) is 3.33. The lowest BCUT2D eigenvalue weighted by atomic mass is 10.1. The molecule has 22 heavy (non-hydrogen) atoms. The first-order valence-electron chi connectivity index (χ1n) is 6.76. The maximum absolute atomic E-state index is 13.9. The van der Waals surface area contributed by atoms with Crippen LogP contribution in [0.25, 0.3) is 10.6 Å². The maximum atomic E-state index is 13.9. The second kappa shape index (κ2) is 6.34. The summed E-state index contributed by atoms with van der Waals surface area (Å²) in [6.07, 6.45) is 0.603. The van der Waals surface area contributed by atoms with Crippen LogP contribution in [0.3, 0.4) is 0 Å². The molecular formula is C17H13F2NOS. The summed E-state index contributed by atoms with van der Waals surface area (Å²) in [7, 11) is 0. The van der Waals surface area contributed by atoms with Crippen molar-refractivity contribution in [3.63, 3.8) is 0 Å². The number of aliphatic hydroxyl groups is 1. The van der Waals surface area contributed by atoms with Crippen molar-refractivity contribution < 1.29 is 13.9 Å². The van der Waals surface area contributed by atoms with Gasteiger partial charge in [0.25, 0.3) is 0 Å². The molecule has 0 bridgehead atoms. The highest BCUT2D eigenvalue weighted by molar-refractivity contribution is 7.15. The Morgan fingerprint density at radius 2 is 1.82 bits per heavy atom. The van der Waals surface area contributed by atoms with E-state index in [0.29, 0.717) is 17.1 Å². The van der Waals surface area contributed by atoms with Gasteiger partial charge in [-0.1, -0.05) is 30.3 Å². The second-order valence-electron chi connectivity index (χ2n) is 4.83. The normalized spacial score (nSPS) is 10.9. The van der Waals surface area contributed by atoms with Gasteiger partial charge < -0.3 is 5.11 Å². The van der Waals surface area contributed by atoms with E-state index < -0.39 is 11.6 Å². The third-order valence-electron chi connectivity index (χ3n) is 3.29. The highest BCUT2D eigenvalue weighted by Gasteiger charge is 2.15. The molecule has 112 valence electrons. The van der Waals surface area contributed by atoms with Crippen LogP contribution >= 0.6 is 11.3 Å². The van der Waals surface area contributed by atoms with Gasteiger partial charge in [-0.2, -0.15) is 0 Å². The monoisotopic (exact) mass is 317 g/mol. The summed E-state index contributed by atoms with van der Waals surface area (Å²) < 4.78 is 27.2. The summed E-state index contributed by atoms with van der Waals surface area (Å²) in [5.41, 5.74) is 1.71. The van der Waals surface area contributed by atoms with E-state index in [1.54, 1.807) is 0 Å². The van der Waals surface area contributed by atoms with Crippen molar-refractivity contribution in [1.29, 1.82) is 0 Å². The Morgan fingerprint density at radius 3 is 2.55 bits per heavy atom. The van der Waals surface area contributed by atoms with E-state index in [-0.39, 0.29) is 12.2 Å². The summed E-state index contributed by atoms with van der Waals surface area (Å²) in [5, 5.41) is 9.84. The van der Waals surface area contributed by atoms with Crippen LogP contribution in [0.1, 0.15) is 16.1 Å². The molecule has 2 nitrogen and oxygen atoms in total. The Kier molecular flexibility index (Phi) is 4.27. The number of nitrogens with zero attached hydrogens (tertiary/aromatic N) is 1. The zero-order valence-electron chi connectivity index (χ0n) is 11.6. The predicted octanol–water partition coefficient (Wildman–Crippen LogP) is 4.17. The molecule has 0 aliphatic carbocycles. The molecule has 0 radical (unpaired) electrons. The fraction of sp³-hybridized carbons (Fsp3) is 0.118. The van der Waals surface area contributed by atoms with Crippen LogP contribution in [0.4, 0.5) is 8.78 Å². The van der Waals surface area contributed by atoms with Crippen molar-refractivity contribution in [2.75, 3.05) is 0 Å². The van der Waals surface area contributed by atoms with E-state index in [9.17, 15) is 13.9 Å². The molecule has 0 fully saturated rings. The van der Waals surface area contributed by atoms with Crippen molar-refractivity contribution in [3.8, 4) is 10.6 Å². The molecule has 1 N–H and O–H groups in total. The Morgan fingerprint density at radius 1 is 1.05 bits per heavy atom. The molecule has 3 aromatic rings. The lowest BCUT2D eigenvalue weighted by Crippen LogP contribution is -1.92. The van der Waals surface area contributed by atoms with Crippen molar-refractivity contribution >= 4 is 11.3 Å². The fourth-order valence-electron chi connectivity index (χ4n) is 2.20. The SMILES string of the molecule is OCc1nc(-c2cc(F)ccc2F)sc1Cc1ccccc1. The number of hydrogen-bond donors (Lipinski definition) is 1. The summed E-state index contributed by atoms with van der Waals surface area (Å²) in [5.74, 6) is -1.03. The highest BCUT2D eigenvalue weighted by Crippen LogP contribution is 2.32. The third kappa shape index (κ3) is 3.05. The number of aromatic nitrogens is 1. The minimum Gasteiger partial charge on any atom is -0.390 e. The minimum absolute atomic E-state index is 0.124. The minimum atomic E-state index is -0.522. The molecular weight excluding hydrogens is 304 g/mol. The second-order valence-corrected chi connectivity index (χ2v) is 5.92. The Balaban J connectivity index is 1.99. The van der Waals surface area contributed by atoms with Crippen LogP contribution in [0.15, 0.2) is 48.5 Å². The quantitative estimate of drug-likeness (QED) is 0.783. The zero-order chi connectivity index (χ0) is 15.5. The van der Waals surface area contributed by atoms with Gasteiger partial charge in [0.1, 0.15) is 16.6 Å². The van der Waals surface area contributed by atoms with E-state index in [2.05, 4.69) is 4.98 Å². The number of aliphatic hydroxyl groups excluding tert-OH is 1. The predicted molar refractivity (Wildman–Crippen MR) is 82.6 cm³/mol. The molecule has 0 spiro atoms. The summed E-state index contributed by atoms with van der Waals surface area (Å²) in [4.78, 5) is 5.11. The molecule has 3 rings (SSSR count). The van der Waals surface area contributed by atoms with E-state index in [0.717, 1.165) is 28.6 Å². The molecule has 1 aromatic heterocycles. The average Bonchev–Trinajstić information content (AvgIpc) is 2.93. The van der Waals surface area contributed by atoms with Gasteiger partial charge in [0.15, 0.2) is 0 Å².